The van der Waals surface area contributed by atoms with Gasteiger partial charge in [0, 0.05) is 12.2 Å². The standard InChI is InChI=1S/C13H21N5O8S2/c19-7-17-18-13(25)26-3-4-27-28-8-16-11(22)6-15-10(21)5-14-9(20)1-2-12(23)24/h7H,1-6,8H2,(H,14,20)(H,15,21)(H,16,22)(H,17,19)(H,18,25)(H,23,24). The van der Waals surface area contributed by atoms with Crippen molar-refractivity contribution in [2.75, 3.05) is 31.3 Å². The molecule has 0 bridgehead atoms. The van der Waals surface area contributed by atoms with Crippen LogP contribution in [-0.2, 0) is 28.7 Å². The third-order valence-electron chi connectivity index (χ3n) is 2.50. The van der Waals surface area contributed by atoms with E-state index in [1.165, 1.54) is 21.6 Å². The van der Waals surface area contributed by atoms with E-state index in [0.717, 1.165) is 0 Å². The Balaban J connectivity index is 3.57. The first-order valence-electron chi connectivity index (χ1n) is 7.73. The first-order chi connectivity index (χ1) is 13.3. The van der Waals surface area contributed by atoms with Gasteiger partial charge in [0.1, 0.15) is 6.61 Å². The predicted octanol–water partition coefficient (Wildman–Crippen LogP) is -2.07. The number of carboxylic acid groups (broad SMARTS) is 1. The van der Waals surface area contributed by atoms with Crippen molar-refractivity contribution >= 4 is 57.8 Å². The van der Waals surface area contributed by atoms with Gasteiger partial charge in [-0.05, 0) is 0 Å². The highest BCUT2D eigenvalue weighted by molar-refractivity contribution is 8.76. The van der Waals surface area contributed by atoms with Crippen molar-refractivity contribution < 1.29 is 38.6 Å². The minimum Gasteiger partial charge on any atom is -0.481 e. The zero-order valence-electron chi connectivity index (χ0n) is 14.6. The molecule has 0 aliphatic rings. The summed E-state index contributed by atoms with van der Waals surface area (Å²) < 4.78 is 4.70. The molecule has 0 aliphatic carbocycles. The van der Waals surface area contributed by atoms with Gasteiger partial charge in [-0.3, -0.25) is 29.4 Å². The monoisotopic (exact) mass is 439 g/mol. The number of hydrazine groups is 1. The molecule has 6 N–H and O–H groups in total. The molecule has 0 aromatic heterocycles. The zero-order valence-corrected chi connectivity index (χ0v) is 16.3. The largest absolute Gasteiger partial charge is 0.481 e. The highest BCUT2D eigenvalue weighted by atomic mass is 33.1. The van der Waals surface area contributed by atoms with E-state index in [4.69, 9.17) is 9.84 Å². The Morgan fingerprint density at radius 2 is 1.54 bits per heavy atom. The number of aliphatic carboxylic acids is 1. The van der Waals surface area contributed by atoms with Crippen LogP contribution in [0.3, 0.4) is 0 Å². The first kappa shape index (κ1) is 25.3. The second-order valence-corrected chi connectivity index (χ2v) is 7.24. The van der Waals surface area contributed by atoms with Crippen LogP contribution in [0.2, 0.25) is 0 Å². The number of carbonyl (C=O) groups is 6. The van der Waals surface area contributed by atoms with Crippen molar-refractivity contribution in [1.29, 1.82) is 0 Å². The molecule has 0 aromatic rings. The van der Waals surface area contributed by atoms with Crippen LogP contribution in [0.25, 0.3) is 0 Å². The van der Waals surface area contributed by atoms with Crippen molar-refractivity contribution in [3.05, 3.63) is 0 Å². The Bertz CT molecular complexity index is 563. The van der Waals surface area contributed by atoms with E-state index in [0.29, 0.717) is 5.75 Å². The van der Waals surface area contributed by atoms with Crippen molar-refractivity contribution in [1.82, 2.24) is 26.8 Å². The molecule has 0 rings (SSSR count). The van der Waals surface area contributed by atoms with Gasteiger partial charge in [-0.15, -0.1) is 0 Å². The fraction of sp³-hybridized carbons (Fsp3) is 0.538. The fourth-order valence-corrected chi connectivity index (χ4v) is 2.85. The Kier molecular flexibility index (Phi) is 14.9. The number of carbonyl (C=O) groups excluding carboxylic acids is 5. The predicted molar refractivity (Wildman–Crippen MR) is 99.6 cm³/mol. The van der Waals surface area contributed by atoms with Gasteiger partial charge in [0.15, 0.2) is 0 Å². The van der Waals surface area contributed by atoms with E-state index in [9.17, 15) is 28.8 Å². The van der Waals surface area contributed by atoms with Crippen LogP contribution in [0.15, 0.2) is 0 Å². The van der Waals surface area contributed by atoms with Gasteiger partial charge in [0.2, 0.25) is 24.1 Å². The second-order valence-electron chi connectivity index (χ2n) is 4.65. The van der Waals surface area contributed by atoms with E-state index < -0.39 is 29.8 Å². The molecule has 0 atom stereocenters. The van der Waals surface area contributed by atoms with Gasteiger partial charge in [-0.2, -0.15) is 0 Å². The maximum Gasteiger partial charge on any atom is 0.426 e. The van der Waals surface area contributed by atoms with Crippen LogP contribution in [0.4, 0.5) is 4.79 Å². The fourth-order valence-electron chi connectivity index (χ4n) is 1.29. The summed E-state index contributed by atoms with van der Waals surface area (Å²) >= 11 is 0. The summed E-state index contributed by atoms with van der Waals surface area (Å²) in [5.41, 5.74) is 3.89. The molecule has 0 spiro atoms. The summed E-state index contributed by atoms with van der Waals surface area (Å²) in [5.74, 6) is -2.00. The lowest BCUT2D eigenvalue weighted by atomic mass is 10.3. The molecule has 0 aliphatic heterocycles. The van der Waals surface area contributed by atoms with Crippen LogP contribution in [-0.4, -0.2) is 72.6 Å². The summed E-state index contributed by atoms with van der Waals surface area (Å²) in [6, 6.07) is 0. The summed E-state index contributed by atoms with van der Waals surface area (Å²) in [6.45, 7) is -0.527. The Labute approximate surface area is 167 Å². The number of nitrogens with one attached hydrogen (secondary N) is 5. The molecule has 0 saturated carbocycles. The maximum atomic E-state index is 11.5. The lowest BCUT2D eigenvalue weighted by molar-refractivity contribution is -0.138. The summed E-state index contributed by atoms with van der Waals surface area (Å²) in [4.78, 5) is 65.4. The van der Waals surface area contributed by atoms with Gasteiger partial charge >= 0.3 is 12.1 Å². The average Bonchev–Trinajstić information content (AvgIpc) is 2.66. The highest BCUT2D eigenvalue weighted by Gasteiger charge is 2.09. The zero-order chi connectivity index (χ0) is 21.2. The van der Waals surface area contributed by atoms with Crippen LogP contribution in [0.5, 0.6) is 0 Å². The van der Waals surface area contributed by atoms with Crippen molar-refractivity contribution in [2.24, 2.45) is 0 Å². The summed E-state index contributed by atoms with van der Waals surface area (Å²) in [5, 5.41) is 15.5. The van der Waals surface area contributed by atoms with Gasteiger partial charge < -0.3 is 25.8 Å². The molecule has 28 heavy (non-hydrogen) atoms. The van der Waals surface area contributed by atoms with E-state index in [1.54, 1.807) is 0 Å². The third-order valence-corrected chi connectivity index (χ3v) is 4.62. The molecular formula is C13H21N5O8S2. The molecule has 0 unspecified atom stereocenters. The van der Waals surface area contributed by atoms with E-state index in [2.05, 4.69) is 16.0 Å². The molecule has 13 nitrogen and oxygen atoms in total. The van der Waals surface area contributed by atoms with E-state index in [1.807, 2.05) is 10.9 Å². The first-order valence-corrected chi connectivity index (χ1v) is 10.2. The maximum absolute atomic E-state index is 11.5. The SMILES string of the molecule is O=CNNC(=O)OCCSSCNC(=O)CNC(=O)CNC(=O)CCC(=O)O. The average molecular weight is 439 g/mol. The summed E-state index contributed by atoms with van der Waals surface area (Å²) in [7, 11) is 2.62. The van der Waals surface area contributed by atoms with Gasteiger partial charge in [-0.25, -0.2) is 10.2 Å². The van der Waals surface area contributed by atoms with Crippen molar-refractivity contribution in [2.45, 2.75) is 12.8 Å². The number of hydrogen-bond donors (Lipinski definition) is 6. The number of carboxylic acids is 1. The van der Waals surface area contributed by atoms with Crippen molar-refractivity contribution in [3.8, 4) is 0 Å². The molecule has 15 heteroatoms. The molecular weight excluding hydrogens is 418 g/mol. The minimum absolute atomic E-state index is 0.103. The van der Waals surface area contributed by atoms with E-state index >= 15 is 0 Å². The normalized spacial score (nSPS) is 9.57. The molecule has 0 aromatic carbocycles. The summed E-state index contributed by atoms with van der Waals surface area (Å²) in [6.07, 6.45) is -1.07. The Hall–Kier alpha value is -2.68. The third kappa shape index (κ3) is 16.8. The lowest BCUT2D eigenvalue weighted by Gasteiger charge is -2.08. The van der Waals surface area contributed by atoms with Crippen LogP contribution in [0.1, 0.15) is 12.8 Å². The number of ether oxygens (including phenoxy) is 1. The highest BCUT2D eigenvalue weighted by Crippen LogP contribution is 2.18. The Morgan fingerprint density at radius 3 is 2.18 bits per heavy atom. The van der Waals surface area contributed by atoms with Crippen LogP contribution >= 0.6 is 21.6 Å². The van der Waals surface area contributed by atoms with Gasteiger partial charge in [-0.1, -0.05) is 21.6 Å². The molecule has 158 valence electrons. The molecule has 0 heterocycles. The van der Waals surface area contributed by atoms with Gasteiger partial charge in [0.25, 0.3) is 0 Å². The smallest absolute Gasteiger partial charge is 0.426 e. The number of hydrogen-bond acceptors (Lipinski definition) is 9. The van der Waals surface area contributed by atoms with Crippen LogP contribution in [0, 0.1) is 0 Å². The van der Waals surface area contributed by atoms with Gasteiger partial charge in [0.05, 0.1) is 25.4 Å². The topological polar surface area (TPSA) is 192 Å². The second kappa shape index (κ2) is 16.5. The number of rotatable bonds is 15. The molecule has 5 amide bonds. The van der Waals surface area contributed by atoms with Crippen molar-refractivity contribution in [3.63, 3.8) is 0 Å². The quantitative estimate of drug-likeness (QED) is 0.0543. The molecule has 0 fully saturated rings. The van der Waals surface area contributed by atoms with E-state index in [-0.39, 0.29) is 44.8 Å². The Morgan fingerprint density at radius 1 is 0.893 bits per heavy atom. The number of amides is 5. The molecule has 0 radical (unpaired) electrons. The lowest BCUT2D eigenvalue weighted by Crippen LogP contribution is -2.41. The molecule has 0 saturated heterocycles. The van der Waals surface area contributed by atoms with Crippen LogP contribution < -0.4 is 26.8 Å². The minimum atomic E-state index is -1.11.